The Morgan fingerprint density at radius 2 is 1.44 bits per heavy atom. The van der Waals surface area contributed by atoms with Crippen LogP contribution in [0.25, 0.3) is 0 Å². The highest BCUT2D eigenvalue weighted by Crippen LogP contribution is 2.57. The Hall–Kier alpha value is -2.11. The van der Waals surface area contributed by atoms with Crippen molar-refractivity contribution in [2.24, 2.45) is 5.73 Å². The van der Waals surface area contributed by atoms with Gasteiger partial charge in [-0.05, 0) is 60.4 Å². The van der Waals surface area contributed by atoms with Gasteiger partial charge in [-0.15, -0.1) is 0 Å². The van der Waals surface area contributed by atoms with Crippen LogP contribution >= 0.6 is 23.2 Å². The molecule has 1 saturated carbocycles. The van der Waals surface area contributed by atoms with Crippen molar-refractivity contribution in [1.29, 1.82) is 16.5 Å². The van der Waals surface area contributed by atoms with Crippen LogP contribution in [0.15, 0.2) is 36.4 Å². The second kappa shape index (κ2) is 7.87. The molecular formula is C20H23Cl2N5. The largest absolute Gasteiger partial charge is 0.388 e. The standard InChI is InChI=1S/C20H21Cl2N3.H2N2/c21-13-3-5-17-15(11-13)20(8-1-2-9-20)16-12-14(22)4-6-18(16)25(17)10-7-19(23)24;1-2/h3-6,11-12H,1-2,7-10H2,(H3,23,24);1-2H. The maximum Gasteiger partial charge on any atom is 0.0923 e. The van der Waals surface area contributed by atoms with E-state index in [4.69, 9.17) is 45.4 Å². The Bertz CT molecular complexity index is 806. The van der Waals surface area contributed by atoms with Crippen molar-refractivity contribution in [1.82, 2.24) is 0 Å². The Morgan fingerprint density at radius 3 is 1.89 bits per heavy atom. The Morgan fingerprint density at radius 1 is 0.963 bits per heavy atom. The van der Waals surface area contributed by atoms with Crippen LogP contribution in [0.1, 0.15) is 43.2 Å². The molecular weight excluding hydrogens is 381 g/mol. The summed E-state index contributed by atoms with van der Waals surface area (Å²) in [7, 11) is 0. The van der Waals surface area contributed by atoms with Gasteiger partial charge in [0.25, 0.3) is 0 Å². The number of anilines is 2. The van der Waals surface area contributed by atoms with E-state index >= 15 is 0 Å². The summed E-state index contributed by atoms with van der Waals surface area (Å²) in [5.41, 5.74) is 20.6. The van der Waals surface area contributed by atoms with Crippen LogP contribution in [0, 0.1) is 16.5 Å². The quantitative estimate of drug-likeness (QED) is 0.277. The molecule has 142 valence electrons. The number of amidine groups is 1. The number of rotatable bonds is 3. The van der Waals surface area contributed by atoms with Crippen LogP contribution in [0.2, 0.25) is 10.0 Å². The first-order chi connectivity index (χ1) is 13.0. The third-order valence-corrected chi connectivity index (χ3v) is 6.06. The normalized spacial score (nSPS) is 16.3. The molecule has 2 aromatic carbocycles. The van der Waals surface area contributed by atoms with Gasteiger partial charge in [0, 0.05) is 39.8 Å². The van der Waals surface area contributed by atoms with Gasteiger partial charge >= 0.3 is 0 Å². The number of nitrogens with one attached hydrogen (secondary N) is 3. The first-order valence-electron chi connectivity index (χ1n) is 8.97. The lowest BCUT2D eigenvalue weighted by Crippen LogP contribution is -2.36. The van der Waals surface area contributed by atoms with Crippen LogP contribution in [0.3, 0.4) is 0 Å². The van der Waals surface area contributed by atoms with Crippen LogP contribution in [-0.4, -0.2) is 12.4 Å². The Balaban J connectivity index is 0.00000102. The number of benzene rings is 2. The summed E-state index contributed by atoms with van der Waals surface area (Å²) in [6.45, 7) is 0.675. The minimum atomic E-state index is -0.00676. The van der Waals surface area contributed by atoms with Crippen molar-refractivity contribution in [2.75, 3.05) is 11.4 Å². The molecule has 0 bridgehead atoms. The smallest absolute Gasteiger partial charge is 0.0923 e. The predicted octanol–water partition coefficient (Wildman–Crippen LogP) is 6.23. The highest BCUT2D eigenvalue weighted by atomic mass is 35.5. The van der Waals surface area contributed by atoms with Gasteiger partial charge in [-0.3, -0.25) is 5.41 Å². The molecule has 0 saturated heterocycles. The molecule has 2 aromatic rings. The van der Waals surface area contributed by atoms with Gasteiger partial charge in [0.15, 0.2) is 0 Å². The summed E-state index contributed by atoms with van der Waals surface area (Å²) in [4.78, 5) is 2.27. The molecule has 0 radical (unpaired) electrons. The van der Waals surface area contributed by atoms with Gasteiger partial charge < -0.3 is 10.6 Å². The van der Waals surface area contributed by atoms with Crippen LogP contribution in [0.5, 0.6) is 0 Å². The van der Waals surface area contributed by atoms with Gasteiger partial charge in [0.05, 0.1) is 5.84 Å². The topological polar surface area (TPSA) is 101 Å². The minimum Gasteiger partial charge on any atom is -0.388 e. The molecule has 27 heavy (non-hydrogen) atoms. The molecule has 1 fully saturated rings. The van der Waals surface area contributed by atoms with Gasteiger partial charge in [0.2, 0.25) is 0 Å². The Kier molecular flexibility index (Phi) is 5.72. The second-order valence-corrected chi connectivity index (χ2v) is 7.91. The van der Waals surface area contributed by atoms with Gasteiger partial charge in [0.1, 0.15) is 0 Å². The van der Waals surface area contributed by atoms with Crippen molar-refractivity contribution in [3.05, 3.63) is 57.6 Å². The Labute approximate surface area is 169 Å². The summed E-state index contributed by atoms with van der Waals surface area (Å²) in [6, 6.07) is 12.3. The molecule has 2 aliphatic rings. The number of hydrogen-bond acceptors (Lipinski definition) is 4. The van der Waals surface area contributed by atoms with Crippen LogP contribution in [-0.2, 0) is 5.41 Å². The SMILES string of the molecule is N=C(N)CCN1c2ccc(Cl)cc2C2(CCCC2)c2cc(Cl)ccc21.N=N. The van der Waals surface area contributed by atoms with E-state index in [0.717, 1.165) is 22.9 Å². The molecule has 0 unspecified atom stereocenters. The summed E-state index contributed by atoms with van der Waals surface area (Å²) < 4.78 is 0. The second-order valence-electron chi connectivity index (χ2n) is 7.04. The lowest BCUT2D eigenvalue weighted by Gasteiger charge is -2.44. The number of halogens is 2. The number of nitrogens with zero attached hydrogens (tertiary/aromatic N) is 1. The minimum absolute atomic E-state index is 0.00676. The van der Waals surface area contributed by atoms with Crippen molar-refractivity contribution in [3.63, 3.8) is 0 Å². The monoisotopic (exact) mass is 403 g/mol. The predicted molar refractivity (Wildman–Crippen MR) is 111 cm³/mol. The van der Waals surface area contributed by atoms with Crippen molar-refractivity contribution >= 4 is 40.4 Å². The summed E-state index contributed by atoms with van der Waals surface area (Å²) in [5, 5.41) is 9.15. The van der Waals surface area contributed by atoms with E-state index in [0.29, 0.717) is 13.0 Å². The van der Waals surface area contributed by atoms with E-state index in [1.165, 1.54) is 35.3 Å². The van der Waals surface area contributed by atoms with E-state index in [9.17, 15) is 0 Å². The van der Waals surface area contributed by atoms with Crippen LogP contribution < -0.4 is 10.6 Å². The summed E-state index contributed by atoms with van der Waals surface area (Å²) in [5.74, 6) is 0.201. The van der Waals surface area contributed by atoms with E-state index in [2.05, 4.69) is 29.2 Å². The molecule has 4 rings (SSSR count). The molecule has 1 spiro atoms. The lowest BCUT2D eigenvalue weighted by molar-refractivity contribution is 0.526. The summed E-state index contributed by atoms with van der Waals surface area (Å²) in [6.07, 6.45) is 5.19. The summed E-state index contributed by atoms with van der Waals surface area (Å²) >= 11 is 12.7. The fourth-order valence-electron chi connectivity index (χ4n) is 4.52. The van der Waals surface area contributed by atoms with Crippen molar-refractivity contribution < 1.29 is 0 Å². The molecule has 0 aromatic heterocycles. The van der Waals surface area contributed by atoms with Crippen molar-refractivity contribution in [3.8, 4) is 0 Å². The fraction of sp³-hybridized carbons (Fsp3) is 0.350. The van der Waals surface area contributed by atoms with Gasteiger partial charge in [-0.2, -0.15) is 0 Å². The maximum absolute atomic E-state index is 7.62. The zero-order valence-electron chi connectivity index (χ0n) is 15.0. The zero-order chi connectivity index (χ0) is 19.6. The third kappa shape index (κ3) is 3.42. The first-order valence-corrected chi connectivity index (χ1v) is 9.72. The third-order valence-electron chi connectivity index (χ3n) is 5.59. The van der Waals surface area contributed by atoms with Gasteiger partial charge in [-0.1, -0.05) is 36.0 Å². The molecule has 1 heterocycles. The average molecular weight is 404 g/mol. The molecule has 1 aliphatic heterocycles. The number of fused-ring (bicyclic) bond motifs is 4. The lowest BCUT2D eigenvalue weighted by atomic mass is 9.69. The van der Waals surface area contributed by atoms with E-state index < -0.39 is 0 Å². The van der Waals surface area contributed by atoms with E-state index in [1.807, 2.05) is 12.1 Å². The number of nitrogens with two attached hydrogens (primary N) is 1. The average Bonchev–Trinajstić information content (AvgIpc) is 3.15. The maximum atomic E-state index is 7.62. The molecule has 5 N–H and O–H groups in total. The molecule has 0 atom stereocenters. The molecule has 1 aliphatic carbocycles. The zero-order valence-corrected chi connectivity index (χ0v) is 16.5. The van der Waals surface area contributed by atoms with E-state index in [-0.39, 0.29) is 11.3 Å². The molecule has 7 heteroatoms. The van der Waals surface area contributed by atoms with Gasteiger partial charge in [-0.25, -0.2) is 11.1 Å². The highest BCUT2D eigenvalue weighted by Gasteiger charge is 2.45. The van der Waals surface area contributed by atoms with Crippen LogP contribution in [0.4, 0.5) is 11.4 Å². The molecule has 0 amide bonds. The first kappa shape index (κ1) is 19.6. The highest BCUT2D eigenvalue weighted by molar-refractivity contribution is 6.31. The number of hydrogen-bond donors (Lipinski definition) is 4. The fourth-order valence-corrected chi connectivity index (χ4v) is 4.86. The van der Waals surface area contributed by atoms with E-state index in [1.54, 1.807) is 0 Å². The molecule has 5 nitrogen and oxygen atoms in total. The van der Waals surface area contributed by atoms with Crippen molar-refractivity contribution in [2.45, 2.75) is 37.5 Å².